The van der Waals surface area contributed by atoms with Gasteiger partial charge in [0.2, 0.25) is 5.91 Å². The average Bonchev–Trinajstić information content (AvgIpc) is 2.40. The molecule has 0 heterocycles. The molecule has 0 aliphatic heterocycles. The fraction of sp³-hybridized carbons (Fsp3) is 0.667. The third kappa shape index (κ3) is 6.60. The van der Waals surface area contributed by atoms with Crippen molar-refractivity contribution in [3.63, 3.8) is 0 Å². The molecule has 0 saturated heterocycles. The maximum Gasteiger partial charge on any atom is 0.411 e. The standard InChI is InChI=1S/C15H26N2O5/c1-8-9-17(14(20)22-15(4,5)6)11(3)12(18)16-10(2)13(19)21-7/h8,10-11H,1,9H2,2-7H3,(H,16,18)/t10-,11+/m0/s1. The van der Waals surface area contributed by atoms with Crippen molar-refractivity contribution in [2.75, 3.05) is 13.7 Å². The fourth-order valence-electron chi connectivity index (χ4n) is 1.56. The molecular weight excluding hydrogens is 288 g/mol. The molecule has 0 aromatic rings. The number of hydrogen-bond acceptors (Lipinski definition) is 5. The minimum absolute atomic E-state index is 0.149. The first-order valence-corrected chi connectivity index (χ1v) is 7.02. The second-order valence-corrected chi connectivity index (χ2v) is 5.85. The van der Waals surface area contributed by atoms with Gasteiger partial charge < -0.3 is 14.8 Å². The highest BCUT2D eigenvalue weighted by Crippen LogP contribution is 2.12. The summed E-state index contributed by atoms with van der Waals surface area (Å²) in [5.74, 6) is -1.04. The molecule has 0 fully saturated rings. The molecule has 7 heteroatoms. The summed E-state index contributed by atoms with van der Waals surface area (Å²) in [6.07, 6.45) is 0.873. The van der Waals surface area contributed by atoms with Gasteiger partial charge in [-0.15, -0.1) is 6.58 Å². The maximum absolute atomic E-state index is 12.2. The molecule has 0 spiro atoms. The van der Waals surface area contributed by atoms with Crippen LogP contribution in [0.5, 0.6) is 0 Å². The van der Waals surface area contributed by atoms with Gasteiger partial charge in [0.1, 0.15) is 17.7 Å². The SMILES string of the molecule is C=CCN(C(=O)OC(C)(C)C)[C@H](C)C(=O)N[C@@H](C)C(=O)OC. The highest BCUT2D eigenvalue weighted by molar-refractivity contribution is 5.89. The third-order valence-corrected chi connectivity index (χ3v) is 2.71. The molecule has 0 aliphatic rings. The summed E-state index contributed by atoms with van der Waals surface area (Å²) in [4.78, 5) is 36.9. The van der Waals surface area contributed by atoms with E-state index in [1.807, 2.05) is 0 Å². The van der Waals surface area contributed by atoms with Crippen LogP contribution in [-0.2, 0) is 19.1 Å². The lowest BCUT2D eigenvalue weighted by molar-refractivity contribution is -0.145. The van der Waals surface area contributed by atoms with Crippen molar-refractivity contribution < 1.29 is 23.9 Å². The second-order valence-electron chi connectivity index (χ2n) is 5.85. The Labute approximate surface area is 131 Å². The average molecular weight is 314 g/mol. The van der Waals surface area contributed by atoms with E-state index in [1.54, 1.807) is 27.7 Å². The van der Waals surface area contributed by atoms with Gasteiger partial charge in [0.15, 0.2) is 0 Å². The lowest BCUT2D eigenvalue weighted by Crippen LogP contribution is -2.52. The lowest BCUT2D eigenvalue weighted by atomic mass is 10.2. The van der Waals surface area contributed by atoms with E-state index in [-0.39, 0.29) is 6.54 Å². The zero-order valence-electron chi connectivity index (χ0n) is 14.1. The van der Waals surface area contributed by atoms with Crippen LogP contribution in [0.25, 0.3) is 0 Å². The number of ether oxygens (including phenoxy) is 2. The molecule has 0 unspecified atom stereocenters. The molecule has 0 rings (SSSR count). The number of nitrogens with zero attached hydrogens (tertiary/aromatic N) is 1. The molecule has 0 bridgehead atoms. The van der Waals surface area contributed by atoms with Crippen molar-refractivity contribution in [1.82, 2.24) is 10.2 Å². The van der Waals surface area contributed by atoms with Gasteiger partial charge in [0.05, 0.1) is 7.11 Å². The first kappa shape index (κ1) is 19.9. The van der Waals surface area contributed by atoms with E-state index in [2.05, 4.69) is 16.6 Å². The zero-order chi connectivity index (χ0) is 17.5. The number of nitrogens with one attached hydrogen (secondary N) is 1. The van der Waals surface area contributed by atoms with Gasteiger partial charge in [0.25, 0.3) is 0 Å². The maximum atomic E-state index is 12.2. The fourth-order valence-corrected chi connectivity index (χ4v) is 1.56. The van der Waals surface area contributed by atoms with Crippen molar-refractivity contribution in [2.45, 2.75) is 52.3 Å². The summed E-state index contributed by atoms with van der Waals surface area (Å²) >= 11 is 0. The number of methoxy groups -OCH3 is 1. The van der Waals surface area contributed by atoms with Crippen molar-refractivity contribution >= 4 is 18.0 Å². The van der Waals surface area contributed by atoms with Crippen molar-refractivity contribution in [3.8, 4) is 0 Å². The molecule has 22 heavy (non-hydrogen) atoms. The molecule has 0 aromatic heterocycles. The quantitative estimate of drug-likeness (QED) is 0.593. The lowest BCUT2D eigenvalue weighted by Gasteiger charge is -2.30. The van der Waals surface area contributed by atoms with E-state index in [1.165, 1.54) is 25.0 Å². The summed E-state index contributed by atoms with van der Waals surface area (Å²) in [5, 5.41) is 2.49. The molecule has 2 amide bonds. The molecule has 7 nitrogen and oxygen atoms in total. The zero-order valence-corrected chi connectivity index (χ0v) is 14.1. The minimum Gasteiger partial charge on any atom is -0.467 e. The van der Waals surface area contributed by atoms with Gasteiger partial charge in [-0.05, 0) is 34.6 Å². The number of amides is 2. The van der Waals surface area contributed by atoms with E-state index in [9.17, 15) is 14.4 Å². The molecule has 0 aliphatic carbocycles. The van der Waals surface area contributed by atoms with E-state index in [0.717, 1.165) is 0 Å². The first-order chi connectivity index (χ1) is 10.0. The Bertz CT molecular complexity index is 428. The van der Waals surface area contributed by atoms with Gasteiger partial charge in [-0.2, -0.15) is 0 Å². The Morgan fingerprint density at radius 2 is 1.82 bits per heavy atom. The van der Waals surface area contributed by atoms with Gasteiger partial charge in [0, 0.05) is 6.54 Å². The first-order valence-electron chi connectivity index (χ1n) is 7.02. The van der Waals surface area contributed by atoms with Gasteiger partial charge in [-0.25, -0.2) is 9.59 Å². The normalized spacial score (nSPS) is 13.5. The predicted molar refractivity (Wildman–Crippen MR) is 82.2 cm³/mol. The monoisotopic (exact) mass is 314 g/mol. The van der Waals surface area contributed by atoms with Crippen LogP contribution >= 0.6 is 0 Å². The third-order valence-electron chi connectivity index (χ3n) is 2.71. The minimum atomic E-state index is -0.819. The Morgan fingerprint density at radius 1 is 1.27 bits per heavy atom. The van der Waals surface area contributed by atoms with Crippen molar-refractivity contribution in [2.24, 2.45) is 0 Å². The van der Waals surface area contributed by atoms with E-state index in [0.29, 0.717) is 0 Å². The van der Waals surface area contributed by atoms with E-state index in [4.69, 9.17) is 4.74 Å². The summed E-state index contributed by atoms with van der Waals surface area (Å²) in [5.41, 5.74) is -0.675. The molecule has 0 saturated carbocycles. The van der Waals surface area contributed by atoms with Gasteiger partial charge >= 0.3 is 12.1 Å². The van der Waals surface area contributed by atoms with Crippen molar-refractivity contribution in [1.29, 1.82) is 0 Å². The van der Waals surface area contributed by atoms with Crippen LogP contribution in [0, 0.1) is 0 Å². The number of esters is 1. The Morgan fingerprint density at radius 3 is 2.23 bits per heavy atom. The number of hydrogen-bond donors (Lipinski definition) is 1. The topological polar surface area (TPSA) is 84.9 Å². The number of rotatable bonds is 6. The molecule has 1 N–H and O–H groups in total. The molecule has 0 radical (unpaired) electrons. The van der Waals surface area contributed by atoms with Gasteiger partial charge in [-0.3, -0.25) is 9.69 Å². The van der Waals surface area contributed by atoms with Crippen LogP contribution < -0.4 is 5.32 Å². The second kappa shape index (κ2) is 8.41. The van der Waals surface area contributed by atoms with Crippen LogP contribution in [-0.4, -0.2) is 54.2 Å². The summed E-state index contributed by atoms with van der Waals surface area (Å²) in [7, 11) is 1.24. The highest BCUT2D eigenvalue weighted by atomic mass is 16.6. The Kier molecular flexibility index (Phi) is 7.62. The van der Waals surface area contributed by atoms with Crippen LogP contribution in [0.15, 0.2) is 12.7 Å². The van der Waals surface area contributed by atoms with E-state index >= 15 is 0 Å². The van der Waals surface area contributed by atoms with Crippen LogP contribution in [0.3, 0.4) is 0 Å². The number of carbonyl (C=O) groups is 3. The highest BCUT2D eigenvalue weighted by Gasteiger charge is 2.30. The molecule has 2 atom stereocenters. The summed E-state index contributed by atoms with van der Waals surface area (Å²) in [6, 6.07) is -1.62. The summed E-state index contributed by atoms with van der Waals surface area (Å²) in [6.45, 7) is 12.0. The van der Waals surface area contributed by atoms with Crippen LogP contribution in [0.2, 0.25) is 0 Å². The molecular formula is C15H26N2O5. The number of carbonyl (C=O) groups excluding carboxylic acids is 3. The van der Waals surface area contributed by atoms with E-state index < -0.39 is 35.7 Å². The van der Waals surface area contributed by atoms with Crippen LogP contribution in [0.4, 0.5) is 4.79 Å². The van der Waals surface area contributed by atoms with Crippen molar-refractivity contribution in [3.05, 3.63) is 12.7 Å². The van der Waals surface area contributed by atoms with Crippen LogP contribution in [0.1, 0.15) is 34.6 Å². The largest absolute Gasteiger partial charge is 0.467 e. The smallest absolute Gasteiger partial charge is 0.411 e. The summed E-state index contributed by atoms with van der Waals surface area (Å²) < 4.78 is 9.80. The molecule has 0 aromatic carbocycles. The Hall–Kier alpha value is -2.05. The predicted octanol–water partition coefficient (Wildman–Crippen LogP) is 1.48. The Balaban J connectivity index is 4.94. The molecule has 126 valence electrons. The van der Waals surface area contributed by atoms with Gasteiger partial charge in [-0.1, -0.05) is 6.08 Å².